The number of hydrogen-bond acceptors (Lipinski definition) is 3. The van der Waals surface area contributed by atoms with E-state index >= 15 is 0 Å². The van der Waals surface area contributed by atoms with E-state index in [4.69, 9.17) is 15.2 Å². The summed E-state index contributed by atoms with van der Waals surface area (Å²) in [5.41, 5.74) is 6.94. The molecule has 16 heavy (non-hydrogen) atoms. The van der Waals surface area contributed by atoms with Crippen molar-refractivity contribution in [2.45, 2.75) is 31.9 Å². The first-order chi connectivity index (χ1) is 7.77. The fourth-order valence-electron chi connectivity index (χ4n) is 1.95. The zero-order chi connectivity index (χ0) is 11.4. The minimum atomic E-state index is 0.000645. The van der Waals surface area contributed by atoms with Gasteiger partial charge in [-0.15, -0.1) is 0 Å². The number of para-hydroxylation sites is 1. The Bertz CT molecular complexity index is 332. The number of rotatable bonds is 4. The maximum atomic E-state index is 5.89. The van der Waals surface area contributed by atoms with Crippen LogP contribution in [0.15, 0.2) is 24.3 Å². The largest absolute Gasteiger partial charge is 0.491 e. The molecule has 2 N–H and O–H groups in total. The van der Waals surface area contributed by atoms with Crippen LogP contribution in [-0.2, 0) is 4.74 Å². The van der Waals surface area contributed by atoms with E-state index in [1.165, 1.54) is 0 Å². The zero-order valence-corrected chi connectivity index (χ0v) is 9.69. The molecule has 1 aromatic carbocycles. The van der Waals surface area contributed by atoms with Gasteiger partial charge in [0.2, 0.25) is 0 Å². The summed E-state index contributed by atoms with van der Waals surface area (Å²) < 4.78 is 11.3. The lowest BCUT2D eigenvalue weighted by atomic mass is 10.1. The molecular formula is C13H19NO2. The van der Waals surface area contributed by atoms with Gasteiger partial charge < -0.3 is 15.2 Å². The van der Waals surface area contributed by atoms with E-state index in [1.54, 1.807) is 0 Å². The first-order valence-electron chi connectivity index (χ1n) is 5.86. The Hall–Kier alpha value is -1.06. The van der Waals surface area contributed by atoms with Crippen molar-refractivity contribution in [3.05, 3.63) is 29.8 Å². The van der Waals surface area contributed by atoms with Gasteiger partial charge in [0.15, 0.2) is 0 Å². The van der Waals surface area contributed by atoms with Crippen LogP contribution in [-0.4, -0.2) is 19.3 Å². The summed E-state index contributed by atoms with van der Waals surface area (Å²) in [6.07, 6.45) is 2.49. The molecule has 0 spiro atoms. The smallest absolute Gasteiger partial charge is 0.124 e. The van der Waals surface area contributed by atoms with Crippen molar-refractivity contribution in [2.24, 2.45) is 5.73 Å². The maximum absolute atomic E-state index is 5.89. The van der Waals surface area contributed by atoms with Crippen LogP contribution in [0.1, 0.15) is 31.4 Å². The molecule has 0 radical (unpaired) electrons. The van der Waals surface area contributed by atoms with Gasteiger partial charge in [-0.2, -0.15) is 0 Å². The minimum absolute atomic E-state index is 0.000645. The first kappa shape index (κ1) is 11.4. The highest BCUT2D eigenvalue weighted by Crippen LogP contribution is 2.24. The Kier molecular flexibility index (Phi) is 3.80. The molecule has 1 aliphatic rings. The van der Waals surface area contributed by atoms with Gasteiger partial charge in [0.1, 0.15) is 12.4 Å². The van der Waals surface area contributed by atoms with Crippen LogP contribution in [0.25, 0.3) is 0 Å². The molecule has 1 aliphatic heterocycles. The second-order valence-corrected chi connectivity index (χ2v) is 4.27. The third-order valence-electron chi connectivity index (χ3n) is 2.86. The van der Waals surface area contributed by atoms with Crippen molar-refractivity contribution in [1.29, 1.82) is 0 Å². The molecule has 0 saturated carbocycles. The number of ether oxygens (including phenoxy) is 2. The van der Waals surface area contributed by atoms with Crippen LogP contribution in [0.5, 0.6) is 5.75 Å². The highest BCUT2D eigenvalue weighted by atomic mass is 16.5. The average Bonchev–Trinajstić information content (AvgIpc) is 2.79. The van der Waals surface area contributed by atoms with E-state index in [0.29, 0.717) is 6.61 Å². The van der Waals surface area contributed by atoms with E-state index in [9.17, 15) is 0 Å². The summed E-state index contributed by atoms with van der Waals surface area (Å²) in [7, 11) is 0. The Morgan fingerprint density at radius 3 is 3.00 bits per heavy atom. The minimum Gasteiger partial charge on any atom is -0.491 e. The van der Waals surface area contributed by atoms with E-state index in [-0.39, 0.29) is 12.1 Å². The highest BCUT2D eigenvalue weighted by molar-refractivity contribution is 5.35. The lowest BCUT2D eigenvalue weighted by Crippen LogP contribution is -2.17. The summed E-state index contributed by atoms with van der Waals surface area (Å²) in [4.78, 5) is 0. The van der Waals surface area contributed by atoms with Crippen molar-refractivity contribution < 1.29 is 9.47 Å². The number of benzene rings is 1. The van der Waals surface area contributed by atoms with Crippen LogP contribution in [0.4, 0.5) is 0 Å². The van der Waals surface area contributed by atoms with Crippen molar-refractivity contribution >= 4 is 0 Å². The first-order valence-corrected chi connectivity index (χ1v) is 5.86. The molecule has 1 saturated heterocycles. The van der Waals surface area contributed by atoms with E-state index in [0.717, 1.165) is 30.8 Å². The second kappa shape index (κ2) is 5.32. The number of nitrogens with two attached hydrogens (primary N) is 1. The second-order valence-electron chi connectivity index (χ2n) is 4.27. The molecule has 88 valence electrons. The molecule has 2 atom stereocenters. The molecule has 3 nitrogen and oxygen atoms in total. The Labute approximate surface area is 96.5 Å². The van der Waals surface area contributed by atoms with E-state index < -0.39 is 0 Å². The summed E-state index contributed by atoms with van der Waals surface area (Å²) in [6, 6.07) is 7.93. The molecule has 1 fully saturated rings. The molecule has 2 unspecified atom stereocenters. The summed E-state index contributed by atoms with van der Waals surface area (Å²) in [6.45, 7) is 3.46. The third-order valence-corrected chi connectivity index (χ3v) is 2.86. The van der Waals surface area contributed by atoms with Crippen LogP contribution in [0, 0.1) is 0 Å². The molecule has 0 amide bonds. The summed E-state index contributed by atoms with van der Waals surface area (Å²) in [5.74, 6) is 0.882. The SMILES string of the molecule is CC(N)c1ccccc1OCC1CCCO1. The van der Waals surface area contributed by atoms with Gasteiger partial charge in [0.25, 0.3) is 0 Å². The normalized spacial score (nSPS) is 22.0. The number of hydrogen-bond donors (Lipinski definition) is 1. The Morgan fingerprint density at radius 1 is 1.50 bits per heavy atom. The Balaban J connectivity index is 1.97. The van der Waals surface area contributed by atoms with Gasteiger partial charge in [-0.1, -0.05) is 18.2 Å². The molecular weight excluding hydrogens is 202 g/mol. The van der Waals surface area contributed by atoms with Gasteiger partial charge in [0.05, 0.1) is 6.10 Å². The Morgan fingerprint density at radius 2 is 2.31 bits per heavy atom. The lowest BCUT2D eigenvalue weighted by Gasteiger charge is -2.16. The molecule has 1 aromatic rings. The van der Waals surface area contributed by atoms with Crippen LogP contribution >= 0.6 is 0 Å². The van der Waals surface area contributed by atoms with Crippen molar-refractivity contribution in [3.63, 3.8) is 0 Å². The average molecular weight is 221 g/mol. The van der Waals surface area contributed by atoms with E-state index in [2.05, 4.69) is 0 Å². The predicted octanol–water partition coefficient (Wildman–Crippen LogP) is 2.26. The van der Waals surface area contributed by atoms with E-state index in [1.807, 2.05) is 31.2 Å². The molecule has 0 bridgehead atoms. The third kappa shape index (κ3) is 2.74. The summed E-state index contributed by atoms with van der Waals surface area (Å²) >= 11 is 0. The standard InChI is InChI=1S/C13H19NO2/c1-10(14)12-6-2-3-7-13(12)16-9-11-5-4-8-15-11/h2-3,6-7,10-11H,4-5,8-9,14H2,1H3. The van der Waals surface area contributed by atoms with Gasteiger partial charge in [-0.05, 0) is 25.8 Å². The van der Waals surface area contributed by atoms with Gasteiger partial charge in [-0.25, -0.2) is 0 Å². The maximum Gasteiger partial charge on any atom is 0.124 e. The molecule has 0 aliphatic carbocycles. The molecule has 1 heterocycles. The monoisotopic (exact) mass is 221 g/mol. The molecule has 2 rings (SSSR count). The van der Waals surface area contributed by atoms with Crippen LogP contribution in [0.3, 0.4) is 0 Å². The zero-order valence-electron chi connectivity index (χ0n) is 9.69. The fourth-order valence-corrected chi connectivity index (χ4v) is 1.95. The van der Waals surface area contributed by atoms with Crippen LogP contribution < -0.4 is 10.5 Å². The molecule has 0 aromatic heterocycles. The van der Waals surface area contributed by atoms with Gasteiger partial charge >= 0.3 is 0 Å². The van der Waals surface area contributed by atoms with Gasteiger partial charge in [0, 0.05) is 18.2 Å². The van der Waals surface area contributed by atoms with Crippen LogP contribution in [0.2, 0.25) is 0 Å². The van der Waals surface area contributed by atoms with Crippen molar-refractivity contribution in [3.8, 4) is 5.75 Å². The van der Waals surface area contributed by atoms with Gasteiger partial charge in [-0.3, -0.25) is 0 Å². The summed E-state index contributed by atoms with van der Waals surface area (Å²) in [5, 5.41) is 0. The highest BCUT2D eigenvalue weighted by Gasteiger charge is 2.17. The quantitative estimate of drug-likeness (QED) is 0.848. The fraction of sp³-hybridized carbons (Fsp3) is 0.538. The topological polar surface area (TPSA) is 44.5 Å². The van der Waals surface area contributed by atoms with Crippen molar-refractivity contribution in [2.75, 3.05) is 13.2 Å². The van der Waals surface area contributed by atoms with Crippen molar-refractivity contribution in [1.82, 2.24) is 0 Å². The molecule has 3 heteroatoms. The lowest BCUT2D eigenvalue weighted by molar-refractivity contribution is 0.0675. The predicted molar refractivity (Wildman–Crippen MR) is 63.5 cm³/mol.